The average Bonchev–Trinajstić information content (AvgIpc) is 3.31. The Morgan fingerprint density at radius 3 is 2.59 bits per heavy atom. The Balaban J connectivity index is 1.76. The Kier molecular flexibility index (Phi) is 6.05. The molecule has 1 aliphatic rings. The highest BCUT2D eigenvalue weighted by Crippen LogP contribution is 2.38. The zero-order valence-electron chi connectivity index (χ0n) is 21.5. The van der Waals surface area contributed by atoms with Crippen molar-refractivity contribution in [2.45, 2.75) is 43.5 Å². The topological polar surface area (TPSA) is 94.0 Å². The quantitative estimate of drug-likeness (QED) is 0.228. The summed E-state index contributed by atoms with van der Waals surface area (Å²) in [6, 6.07) is 10.7. The summed E-state index contributed by atoms with van der Waals surface area (Å²) >= 11 is 0. The molecule has 6 rings (SSSR count). The van der Waals surface area contributed by atoms with Gasteiger partial charge in [0.15, 0.2) is 5.43 Å². The lowest BCUT2D eigenvalue weighted by Gasteiger charge is -2.28. The van der Waals surface area contributed by atoms with Crippen LogP contribution in [-0.2, 0) is 15.0 Å². The van der Waals surface area contributed by atoms with Gasteiger partial charge in [-0.1, -0.05) is 25.8 Å². The third-order valence-corrected chi connectivity index (χ3v) is 8.36. The maximum absolute atomic E-state index is 14.1. The SMILES string of the molecule is C#Cc1ccc2c(c1)[nH]c1c2c(=O)c2cc(C(C)C)c(-c3cncc(S(=O)(=O)F)c3)cc2n1C1CCOCC1. The van der Waals surface area contributed by atoms with E-state index in [4.69, 9.17) is 11.2 Å². The van der Waals surface area contributed by atoms with Crippen LogP contribution in [0.5, 0.6) is 0 Å². The Bertz CT molecular complexity index is 2000. The standard InChI is InChI=1S/C30H26FN3O4S/c1-4-18-5-6-22-26(11-18)33-30-28(22)29(35)25-13-23(17(2)3)24(19-12-21(16-32-15-19)39(31,36)37)14-27(25)34(30)20-7-9-38-10-8-20/h1,5-6,11-17,20,33H,7-10H2,2-3H3. The van der Waals surface area contributed by atoms with E-state index in [-0.39, 0.29) is 17.4 Å². The number of terminal acetylenes is 1. The molecule has 0 saturated carbocycles. The van der Waals surface area contributed by atoms with Gasteiger partial charge in [-0.3, -0.25) is 9.78 Å². The first kappa shape index (κ1) is 25.3. The van der Waals surface area contributed by atoms with Crippen molar-refractivity contribution in [2.75, 3.05) is 13.2 Å². The molecule has 2 aromatic carbocycles. The average molecular weight is 544 g/mol. The molecule has 0 amide bonds. The number of nitrogens with zero attached hydrogens (tertiary/aromatic N) is 2. The number of aromatic amines is 1. The first-order valence-corrected chi connectivity index (χ1v) is 14.2. The molecule has 1 N–H and O–H groups in total. The first-order valence-electron chi connectivity index (χ1n) is 12.8. The molecule has 0 aliphatic carbocycles. The molecule has 39 heavy (non-hydrogen) atoms. The Morgan fingerprint density at radius 1 is 1.13 bits per heavy atom. The maximum atomic E-state index is 14.1. The lowest BCUT2D eigenvalue weighted by Crippen LogP contribution is -2.23. The van der Waals surface area contributed by atoms with Crippen LogP contribution in [0.25, 0.3) is 44.0 Å². The zero-order valence-corrected chi connectivity index (χ0v) is 22.3. The number of pyridine rings is 2. The maximum Gasteiger partial charge on any atom is 0.333 e. The number of benzene rings is 2. The summed E-state index contributed by atoms with van der Waals surface area (Å²) in [6.45, 7) is 5.18. The van der Waals surface area contributed by atoms with Crippen molar-refractivity contribution in [3.05, 3.63) is 70.1 Å². The predicted molar refractivity (Wildman–Crippen MR) is 150 cm³/mol. The minimum absolute atomic E-state index is 0.0113. The number of halogens is 1. The molecule has 4 heterocycles. The second kappa shape index (κ2) is 9.33. The van der Waals surface area contributed by atoms with Crippen LogP contribution in [0.15, 0.2) is 58.5 Å². The molecule has 0 bridgehead atoms. The molecule has 7 nitrogen and oxygen atoms in total. The highest BCUT2D eigenvalue weighted by molar-refractivity contribution is 7.86. The molecule has 3 aromatic heterocycles. The lowest BCUT2D eigenvalue weighted by molar-refractivity contribution is 0.0715. The molecule has 9 heteroatoms. The first-order chi connectivity index (χ1) is 18.7. The third-order valence-electron chi connectivity index (χ3n) is 7.57. The fraction of sp³-hybridized carbons (Fsp3) is 0.267. The molecule has 0 unspecified atom stereocenters. The van der Waals surface area contributed by atoms with Gasteiger partial charge < -0.3 is 14.3 Å². The lowest BCUT2D eigenvalue weighted by atomic mass is 9.90. The molecular weight excluding hydrogens is 517 g/mol. The molecular formula is C30H26FN3O4S. The van der Waals surface area contributed by atoms with E-state index in [1.807, 2.05) is 44.2 Å². The molecule has 0 atom stereocenters. The van der Waals surface area contributed by atoms with Gasteiger partial charge >= 0.3 is 10.2 Å². The fourth-order valence-electron chi connectivity index (χ4n) is 5.67. The van der Waals surface area contributed by atoms with E-state index in [0.717, 1.165) is 35.5 Å². The van der Waals surface area contributed by atoms with E-state index < -0.39 is 15.1 Å². The van der Waals surface area contributed by atoms with Crippen LogP contribution in [-0.4, -0.2) is 36.2 Å². The number of nitrogens with one attached hydrogen (secondary N) is 1. The van der Waals surface area contributed by atoms with Gasteiger partial charge in [0.2, 0.25) is 0 Å². The number of fused-ring (bicyclic) bond motifs is 4. The van der Waals surface area contributed by atoms with Crippen LogP contribution < -0.4 is 5.43 Å². The summed E-state index contributed by atoms with van der Waals surface area (Å²) in [5.41, 5.74) is 4.78. The number of H-pyrrole nitrogens is 1. The van der Waals surface area contributed by atoms with Crippen molar-refractivity contribution in [2.24, 2.45) is 0 Å². The smallest absolute Gasteiger partial charge is 0.333 e. The monoisotopic (exact) mass is 543 g/mol. The summed E-state index contributed by atoms with van der Waals surface area (Å²) in [6.07, 6.45) is 9.66. The molecule has 5 aromatic rings. The van der Waals surface area contributed by atoms with Gasteiger partial charge in [-0.15, -0.1) is 10.3 Å². The van der Waals surface area contributed by atoms with Gasteiger partial charge in [0.05, 0.1) is 10.9 Å². The molecule has 0 spiro atoms. The van der Waals surface area contributed by atoms with Crippen molar-refractivity contribution in [3.63, 3.8) is 0 Å². The van der Waals surface area contributed by atoms with Crippen LogP contribution in [0.3, 0.4) is 0 Å². The van der Waals surface area contributed by atoms with Crippen LogP contribution in [0.4, 0.5) is 3.89 Å². The van der Waals surface area contributed by atoms with Crippen molar-refractivity contribution in [1.82, 2.24) is 14.5 Å². The van der Waals surface area contributed by atoms with Crippen LogP contribution >= 0.6 is 0 Å². The summed E-state index contributed by atoms with van der Waals surface area (Å²) in [4.78, 5) is 21.1. The van der Waals surface area contributed by atoms with Crippen molar-refractivity contribution in [3.8, 4) is 23.5 Å². The summed E-state index contributed by atoms with van der Waals surface area (Å²) in [5.74, 6) is 2.64. The second-order valence-electron chi connectivity index (χ2n) is 10.3. The fourth-order valence-corrected chi connectivity index (χ4v) is 6.13. The van der Waals surface area contributed by atoms with E-state index in [1.54, 1.807) is 0 Å². The summed E-state index contributed by atoms with van der Waals surface area (Å²) < 4.78 is 45.0. The largest absolute Gasteiger partial charge is 0.381 e. The van der Waals surface area contributed by atoms with Crippen molar-refractivity contribution < 1.29 is 17.0 Å². The highest BCUT2D eigenvalue weighted by Gasteiger charge is 2.25. The van der Waals surface area contributed by atoms with Crippen LogP contribution in [0.2, 0.25) is 0 Å². The second-order valence-corrected chi connectivity index (χ2v) is 11.6. The molecule has 198 valence electrons. The summed E-state index contributed by atoms with van der Waals surface area (Å²) in [5, 5.41) is 1.96. The van der Waals surface area contributed by atoms with E-state index in [1.165, 1.54) is 12.3 Å². The van der Waals surface area contributed by atoms with Gasteiger partial charge in [-0.2, -0.15) is 8.42 Å². The Hall–Kier alpha value is -4.00. The summed E-state index contributed by atoms with van der Waals surface area (Å²) in [7, 11) is -4.94. The molecule has 1 saturated heterocycles. The normalized spacial score (nSPS) is 14.9. The Morgan fingerprint density at radius 2 is 1.90 bits per heavy atom. The van der Waals surface area contributed by atoms with Gasteiger partial charge in [0, 0.05) is 59.1 Å². The van der Waals surface area contributed by atoms with E-state index in [9.17, 15) is 17.1 Å². The van der Waals surface area contributed by atoms with Gasteiger partial charge in [0.1, 0.15) is 10.5 Å². The molecule has 1 fully saturated rings. The zero-order chi connectivity index (χ0) is 27.5. The van der Waals surface area contributed by atoms with Crippen LogP contribution in [0.1, 0.15) is 49.8 Å². The Labute approximate surface area is 224 Å². The van der Waals surface area contributed by atoms with E-state index in [0.29, 0.717) is 51.8 Å². The van der Waals surface area contributed by atoms with E-state index in [2.05, 4.69) is 20.5 Å². The number of aromatic nitrogens is 3. The minimum atomic E-state index is -4.94. The third kappa shape index (κ3) is 4.20. The number of ether oxygens (including phenoxy) is 1. The number of rotatable bonds is 4. The molecule has 1 aliphatic heterocycles. The van der Waals surface area contributed by atoms with E-state index >= 15 is 0 Å². The minimum Gasteiger partial charge on any atom is -0.381 e. The number of hydrogen-bond acceptors (Lipinski definition) is 5. The predicted octanol–water partition coefficient (Wildman–Crippen LogP) is 5.81. The highest BCUT2D eigenvalue weighted by atomic mass is 32.3. The van der Waals surface area contributed by atoms with Crippen molar-refractivity contribution >= 4 is 43.1 Å². The van der Waals surface area contributed by atoms with Gasteiger partial charge in [-0.05, 0) is 60.2 Å². The van der Waals surface area contributed by atoms with Gasteiger partial charge in [-0.25, -0.2) is 0 Å². The van der Waals surface area contributed by atoms with Crippen molar-refractivity contribution in [1.29, 1.82) is 0 Å². The number of hydrogen-bond donors (Lipinski definition) is 1. The van der Waals surface area contributed by atoms with Crippen LogP contribution in [0, 0.1) is 12.3 Å². The van der Waals surface area contributed by atoms with Gasteiger partial charge in [0.25, 0.3) is 0 Å². The molecule has 0 radical (unpaired) electrons.